The Kier molecular flexibility index (Phi) is 5.73. The second-order valence-electron chi connectivity index (χ2n) is 8.83. The number of fused-ring (bicyclic) bond motifs is 2. The second-order valence-corrected chi connectivity index (χ2v) is 8.83. The maximum Gasteiger partial charge on any atom is 0.573 e. The average molecular weight is 462 g/mol. The Labute approximate surface area is 189 Å². The van der Waals surface area contributed by atoms with E-state index in [-0.39, 0.29) is 11.8 Å². The van der Waals surface area contributed by atoms with Gasteiger partial charge >= 0.3 is 12.4 Å². The molecular weight excluding hydrogens is 437 g/mol. The molecule has 0 saturated carbocycles. The van der Waals surface area contributed by atoms with Crippen molar-refractivity contribution in [3.05, 3.63) is 47.3 Å². The van der Waals surface area contributed by atoms with Gasteiger partial charge in [-0.3, -0.25) is 4.90 Å². The van der Waals surface area contributed by atoms with Gasteiger partial charge in [-0.05, 0) is 29.5 Å². The van der Waals surface area contributed by atoms with Crippen LogP contribution in [-0.4, -0.2) is 81.8 Å². The molecule has 3 aliphatic heterocycles. The highest BCUT2D eigenvalue weighted by Crippen LogP contribution is 2.32. The van der Waals surface area contributed by atoms with E-state index >= 15 is 0 Å². The van der Waals surface area contributed by atoms with Gasteiger partial charge < -0.3 is 14.5 Å². The molecule has 3 aliphatic rings. The van der Waals surface area contributed by atoms with Gasteiger partial charge in [0.1, 0.15) is 11.4 Å². The Morgan fingerprint density at radius 2 is 1.76 bits per heavy atom. The third-order valence-electron chi connectivity index (χ3n) is 6.55. The zero-order valence-electron chi connectivity index (χ0n) is 18.0. The van der Waals surface area contributed by atoms with Gasteiger partial charge in [0.05, 0.1) is 12.2 Å². The molecule has 2 atom stereocenters. The number of benzene rings is 1. The van der Waals surface area contributed by atoms with Crippen LogP contribution in [0.25, 0.3) is 6.08 Å². The first-order valence-corrected chi connectivity index (χ1v) is 11.0. The van der Waals surface area contributed by atoms with Crippen molar-refractivity contribution in [1.82, 2.24) is 30.1 Å². The molecule has 4 heterocycles. The predicted molar refractivity (Wildman–Crippen MR) is 113 cm³/mol. The molecule has 1 aromatic heterocycles. The lowest BCUT2D eigenvalue weighted by atomic mass is 10.0. The van der Waals surface area contributed by atoms with Crippen molar-refractivity contribution in [2.45, 2.75) is 19.3 Å². The summed E-state index contributed by atoms with van der Waals surface area (Å²) in [6, 6.07) is 5.91. The minimum Gasteiger partial charge on any atom is -0.406 e. The lowest BCUT2D eigenvalue weighted by Gasteiger charge is -2.30. The maximum atomic E-state index is 13.0. The highest BCUT2D eigenvalue weighted by atomic mass is 19.4. The molecule has 2 aromatic rings. The molecular formula is C22H25F3N6O2. The topological polar surface area (TPSA) is 77.6 Å². The summed E-state index contributed by atoms with van der Waals surface area (Å²) in [6.07, 6.45) is -0.0290. The molecule has 2 saturated heterocycles. The monoisotopic (exact) mass is 462 g/mol. The summed E-state index contributed by atoms with van der Waals surface area (Å²) in [7, 11) is 0. The van der Waals surface area contributed by atoms with E-state index in [1.807, 2.05) is 22.0 Å². The Morgan fingerprint density at radius 3 is 2.45 bits per heavy atom. The van der Waals surface area contributed by atoms with Crippen molar-refractivity contribution in [2.75, 3.05) is 39.3 Å². The number of amides is 2. The summed E-state index contributed by atoms with van der Waals surface area (Å²) < 4.78 is 40.6. The highest BCUT2D eigenvalue weighted by molar-refractivity contribution is 5.75. The van der Waals surface area contributed by atoms with Crippen LogP contribution in [0.4, 0.5) is 18.0 Å². The molecule has 2 amide bonds. The molecule has 0 bridgehead atoms. The van der Waals surface area contributed by atoms with E-state index in [0.29, 0.717) is 24.9 Å². The van der Waals surface area contributed by atoms with Gasteiger partial charge in [0.2, 0.25) is 0 Å². The third kappa shape index (κ3) is 4.97. The van der Waals surface area contributed by atoms with Crippen LogP contribution >= 0.6 is 0 Å². The molecule has 2 fully saturated rings. The van der Waals surface area contributed by atoms with Gasteiger partial charge in [0.25, 0.3) is 0 Å². The number of urea groups is 1. The Morgan fingerprint density at radius 1 is 1.06 bits per heavy atom. The van der Waals surface area contributed by atoms with Crippen molar-refractivity contribution < 1.29 is 22.7 Å². The van der Waals surface area contributed by atoms with E-state index in [9.17, 15) is 18.0 Å². The van der Waals surface area contributed by atoms with Crippen molar-refractivity contribution >= 4 is 12.1 Å². The summed E-state index contributed by atoms with van der Waals surface area (Å²) in [5.74, 6) is 0.708. The quantitative estimate of drug-likeness (QED) is 0.756. The van der Waals surface area contributed by atoms with Crippen LogP contribution < -0.4 is 4.74 Å². The van der Waals surface area contributed by atoms with Crippen LogP contribution in [0.3, 0.4) is 0 Å². The normalized spacial score (nSPS) is 23.2. The van der Waals surface area contributed by atoms with Crippen LogP contribution in [-0.2, 0) is 13.0 Å². The number of carbonyl (C=O) groups excluding carboxylic acids is 1. The standard InChI is InChI=1S/C22H25F3N6O2/c23-22(24,25)33-18-5-3-15(4-6-18)2-1-8-29-10-16-12-31(13-17(16)11-29)21(32)30-9-7-19-20(14-30)27-28-26-19/h1-6,16-17H,7-14H2,(H,26,27,28)/b2-1+/t16-,17+. The summed E-state index contributed by atoms with van der Waals surface area (Å²) in [5, 5.41) is 10.9. The van der Waals surface area contributed by atoms with Crippen LogP contribution in [0.1, 0.15) is 17.0 Å². The zero-order chi connectivity index (χ0) is 23.0. The average Bonchev–Trinajstić information content (AvgIpc) is 3.47. The molecule has 176 valence electrons. The van der Waals surface area contributed by atoms with Gasteiger partial charge in [0, 0.05) is 45.7 Å². The second kappa shape index (κ2) is 8.69. The molecule has 8 nitrogen and oxygen atoms in total. The van der Waals surface area contributed by atoms with Crippen molar-refractivity contribution in [2.24, 2.45) is 11.8 Å². The number of nitrogens with one attached hydrogen (secondary N) is 1. The van der Waals surface area contributed by atoms with Crippen LogP contribution in [0.2, 0.25) is 0 Å². The number of alkyl halides is 3. The number of hydrogen-bond donors (Lipinski definition) is 1. The number of carbonyl (C=O) groups is 1. The SMILES string of the molecule is O=C(N1CCc2n[nH]nc2C1)N1C[C@H]2CN(C/C=C/c3ccc(OC(F)(F)F)cc3)C[C@H]2C1. The minimum absolute atomic E-state index is 0.0856. The third-order valence-corrected chi connectivity index (χ3v) is 6.55. The summed E-state index contributed by atoms with van der Waals surface area (Å²) in [4.78, 5) is 19.2. The molecule has 11 heteroatoms. The van der Waals surface area contributed by atoms with Crippen LogP contribution in [0.5, 0.6) is 5.75 Å². The van der Waals surface area contributed by atoms with Crippen LogP contribution in [0, 0.1) is 11.8 Å². The first-order valence-electron chi connectivity index (χ1n) is 11.0. The molecule has 0 unspecified atom stereocenters. The number of hydrogen-bond acceptors (Lipinski definition) is 5. The zero-order valence-corrected chi connectivity index (χ0v) is 18.0. The fraction of sp³-hybridized carbons (Fsp3) is 0.500. The molecule has 0 spiro atoms. The van der Waals surface area contributed by atoms with E-state index < -0.39 is 6.36 Å². The number of aromatic amines is 1. The molecule has 0 aliphatic carbocycles. The lowest BCUT2D eigenvalue weighted by Crippen LogP contribution is -2.45. The van der Waals surface area contributed by atoms with Gasteiger partial charge in [-0.1, -0.05) is 24.3 Å². The van der Waals surface area contributed by atoms with Gasteiger partial charge in [-0.2, -0.15) is 15.4 Å². The number of ether oxygens (including phenoxy) is 1. The van der Waals surface area contributed by atoms with Crippen LogP contribution in [0.15, 0.2) is 30.3 Å². The molecule has 33 heavy (non-hydrogen) atoms. The Hall–Kier alpha value is -3.08. The number of rotatable bonds is 4. The van der Waals surface area contributed by atoms with E-state index in [4.69, 9.17) is 0 Å². The number of H-pyrrole nitrogens is 1. The van der Waals surface area contributed by atoms with E-state index in [2.05, 4.69) is 25.0 Å². The Balaban J connectivity index is 1.08. The van der Waals surface area contributed by atoms with Gasteiger partial charge in [-0.25, -0.2) is 4.79 Å². The number of likely N-dealkylation sites (tertiary alicyclic amines) is 2. The summed E-state index contributed by atoms with van der Waals surface area (Å²) in [6.45, 7) is 5.36. The van der Waals surface area contributed by atoms with E-state index in [0.717, 1.165) is 56.1 Å². The first-order chi connectivity index (χ1) is 15.8. The first kappa shape index (κ1) is 21.7. The maximum absolute atomic E-state index is 13.0. The molecule has 1 aromatic carbocycles. The molecule has 1 N–H and O–H groups in total. The van der Waals surface area contributed by atoms with E-state index in [1.54, 1.807) is 12.1 Å². The van der Waals surface area contributed by atoms with Gasteiger partial charge in [-0.15, -0.1) is 13.2 Å². The van der Waals surface area contributed by atoms with E-state index in [1.165, 1.54) is 12.1 Å². The van der Waals surface area contributed by atoms with Crippen molar-refractivity contribution in [1.29, 1.82) is 0 Å². The molecule has 0 radical (unpaired) electrons. The number of aromatic nitrogens is 3. The fourth-order valence-corrected chi connectivity index (χ4v) is 4.98. The number of nitrogens with zero attached hydrogens (tertiary/aromatic N) is 5. The van der Waals surface area contributed by atoms with Crippen molar-refractivity contribution in [3.63, 3.8) is 0 Å². The summed E-state index contributed by atoms with van der Waals surface area (Å²) >= 11 is 0. The number of halogens is 3. The largest absolute Gasteiger partial charge is 0.573 e. The summed E-state index contributed by atoms with van der Waals surface area (Å²) in [5.41, 5.74) is 2.62. The highest BCUT2D eigenvalue weighted by Gasteiger charge is 2.42. The smallest absolute Gasteiger partial charge is 0.406 e. The lowest BCUT2D eigenvalue weighted by molar-refractivity contribution is -0.274. The minimum atomic E-state index is -4.68. The fourth-order valence-electron chi connectivity index (χ4n) is 4.98. The molecule has 5 rings (SSSR count). The van der Waals surface area contributed by atoms with Crippen molar-refractivity contribution in [3.8, 4) is 5.75 Å². The van der Waals surface area contributed by atoms with Gasteiger partial charge in [0.15, 0.2) is 0 Å². The Bertz CT molecular complexity index is 1010. The predicted octanol–water partition coefficient (Wildman–Crippen LogP) is 2.76.